The Bertz CT molecular complexity index is 604. The first-order chi connectivity index (χ1) is 9.88. The number of aryl methyl sites for hydroxylation is 1. The van der Waals surface area contributed by atoms with Crippen LogP contribution in [0.3, 0.4) is 0 Å². The Morgan fingerprint density at radius 1 is 1.38 bits per heavy atom. The highest BCUT2D eigenvalue weighted by molar-refractivity contribution is 8.13. The number of carbonyl (C=O) groups excluding carboxylic acids is 1. The van der Waals surface area contributed by atoms with Crippen molar-refractivity contribution in [3.05, 3.63) is 15.8 Å². The molecular weight excluding hydrogens is 330 g/mol. The molecule has 0 aliphatic heterocycles. The van der Waals surface area contributed by atoms with Crippen LogP contribution in [0, 0.1) is 12.8 Å². The van der Waals surface area contributed by atoms with Gasteiger partial charge in [0.1, 0.15) is 0 Å². The maximum atomic E-state index is 12.0. The first-order valence-corrected chi connectivity index (χ1v) is 10.3. The summed E-state index contributed by atoms with van der Waals surface area (Å²) in [7, 11) is 1.55. The van der Waals surface area contributed by atoms with E-state index in [1.54, 1.807) is 6.92 Å². The van der Waals surface area contributed by atoms with Gasteiger partial charge in [0, 0.05) is 22.1 Å². The molecule has 0 unspecified atom stereocenters. The Morgan fingerprint density at radius 2 is 2.05 bits per heavy atom. The molecule has 0 saturated heterocycles. The number of carbonyl (C=O) groups is 1. The van der Waals surface area contributed by atoms with Gasteiger partial charge in [0.15, 0.2) is 0 Å². The molecule has 1 fully saturated rings. The van der Waals surface area contributed by atoms with Gasteiger partial charge in [-0.15, -0.1) is 11.3 Å². The second-order valence-electron chi connectivity index (χ2n) is 5.52. The van der Waals surface area contributed by atoms with E-state index < -0.39 is 9.05 Å². The first-order valence-electron chi connectivity index (χ1n) is 7.21. The summed E-state index contributed by atoms with van der Waals surface area (Å²) in [6.07, 6.45) is 7.41. The van der Waals surface area contributed by atoms with Crippen molar-refractivity contribution in [2.75, 3.05) is 6.54 Å². The van der Waals surface area contributed by atoms with Crippen molar-refractivity contribution in [1.82, 2.24) is 5.32 Å². The molecule has 1 aliphatic carbocycles. The molecule has 118 valence electrons. The summed E-state index contributed by atoms with van der Waals surface area (Å²) in [5.74, 6) is 0.494. The van der Waals surface area contributed by atoms with Gasteiger partial charge >= 0.3 is 0 Å². The third-order valence-electron chi connectivity index (χ3n) is 3.92. The fourth-order valence-corrected chi connectivity index (χ4v) is 5.35. The lowest BCUT2D eigenvalue weighted by Crippen LogP contribution is -2.25. The third kappa shape index (κ3) is 4.69. The van der Waals surface area contributed by atoms with Crippen LogP contribution in [0.1, 0.15) is 53.1 Å². The van der Waals surface area contributed by atoms with E-state index in [-0.39, 0.29) is 10.8 Å². The average Bonchev–Trinajstić information content (AvgIpc) is 2.82. The summed E-state index contributed by atoms with van der Waals surface area (Å²) in [5, 5.41) is 2.87. The lowest BCUT2D eigenvalue weighted by molar-refractivity contribution is 0.0954. The summed E-state index contributed by atoms with van der Waals surface area (Å²) in [4.78, 5) is 13.0. The largest absolute Gasteiger partial charge is 0.351 e. The third-order valence-corrected chi connectivity index (χ3v) is 6.55. The smallest absolute Gasteiger partial charge is 0.262 e. The molecule has 4 nitrogen and oxygen atoms in total. The van der Waals surface area contributed by atoms with E-state index >= 15 is 0 Å². The minimum atomic E-state index is -3.78. The predicted octanol–water partition coefficient (Wildman–Crippen LogP) is 3.68. The van der Waals surface area contributed by atoms with Crippen LogP contribution in [0.2, 0.25) is 0 Å². The summed E-state index contributed by atoms with van der Waals surface area (Å²) in [5.41, 5.74) is 0. The topological polar surface area (TPSA) is 63.2 Å². The quantitative estimate of drug-likeness (QED) is 0.824. The SMILES string of the molecule is Cc1sc(C(=O)NCCC2CCCCC2)cc1S(=O)(=O)Cl. The number of hydrogen-bond donors (Lipinski definition) is 1. The van der Waals surface area contributed by atoms with Gasteiger partial charge in [-0.2, -0.15) is 0 Å². The van der Waals surface area contributed by atoms with Crippen LogP contribution in [0.15, 0.2) is 11.0 Å². The normalized spacial score (nSPS) is 16.9. The Balaban J connectivity index is 1.88. The molecule has 0 spiro atoms. The Hall–Kier alpha value is -0.590. The second-order valence-corrected chi connectivity index (χ2v) is 9.31. The zero-order valence-electron chi connectivity index (χ0n) is 12.0. The summed E-state index contributed by atoms with van der Waals surface area (Å²) < 4.78 is 22.7. The molecule has 1 heterocycles. The molecule has 2 rings (SSSR count). The van der Waals surface area contributed by atoms with E-state index in [1.165, 1.54) is 38.2 Å². The molecule has 0 atom stereocenters. The fourth-order valence-electron chi connectivity index (χ4n) is 2.77. The van der Waals surface area contributed by atoms with E-state index in [0.717, 1.165) is 17.8 Å². The van der Waals surface area contributed by atoms with Crippen molar-refractivity contribution in [3.63, 3.8) is 0 Å². The van der Waals surface area contributed by atoms with Crippen LogP contribution < -0.4 is 5.32 Å². The molecule has 1 aliphatic rings. The zero-order chi connectivity index (χ0) is 15.5. The van der Waals surface area contributed by atoms with Crippen LogP contribution in [0.4, 0.5) is 0 Å². The minimum absolute atomic E-state index is 0.0339. The summed E-state index contributed by atoms with van der Waals surface area (Å²) in [6.45, 7) is 2.29. The van der Waals surface area contributed by atoms with Gasteiger partial charge < -0.3 is 5.32 Å². The van der Waals surface area contributed by atoms with Gasteiger partial charge in [0.25, 0.3) is 15.0 Å². The molecule has 1 aromatic rings. The number of nitrogens with one attached hydrogen (secondary N) is 1. The van der Waals surface area contributed by atoms with Gasteiger partial charge in [0.05, 0.1) is 9.77 Å². The number of amides is 1. The van der Waals surface area contributed by atoms with E-state index in [9.17, 15) is 13.2 Å². The molecule has 1 amide bonds. The predicted molar refractivity (Wildman–Crippen MR) is 85.6 cm³/mol. The van der Waals surface area contributed by atoms with E-state index in [4.69, 9.17) is 10.7 Å². The number of thiophene rings is 1. The van der Waals surface area contributed by atoms with Gasteiger partial charge in [0.2, 0.25) is 0 Å². The summed E-state index contributed by atoms with van der Waals surface area (Å²) in [6, 6.07) is 1.36. The lowest BCUT2D eigenvalue weighted by Gasteiger charge is -2.21. The van der Waals surface area contributed by atoms with Crippen LogP contribution >= 0.6 is 22.0 Å². The number of halogens is 1. The lowest BCUT2D eigenvalue weighted by atomic mass is 9.87. The van der Waals surface area contributed by atoms with Crippen molar-refractivity contribution in [3.8, 4) is 0 Å². The minimum Gasteiger partial charge on any atom is -0.351 e. The molecule has 7 heteroatoms. The van der Waals surface area contributed by atoms with Crippen molar-refractivity contribution >= 4 is 37.0 Å². The highest BCUT2D eigenvalue weighted by atomic mass is 35.7. The molecular formula is C14H20ClNO3S2. The van der Waals surface area contributed by atoms with Crippen LogP contribution in [-0.2, 0) is 9.05 Å². The molecule has 0 radical (unpaired) electrons. The first kappa shape index (κ1) is 16.8. The Kier molecular flexibility index (Phi) is 5.68. The Labute approximate surface area is 134 Å². The monoisotopic (exact) mass is 349 g/mol. The molecule has 0 bridgehead atoms. The summed E-state index contributed by atoms with van der Waals surface area (Å²) >= 11 is 1.16. The van der Waals surface area contributed by atoms with E-state index in [2.05, 4.69) is 5.32 Å². The average molecular weight is 350 g/mol. The second kappa shape index (κ2) is 7.11. The number of hydrogen-bond acceptors (Lipinski definition) is 4. The van der Waals surface area contributed by atoms with Crippen LogP contribution in [-0.4, -0.2) is 20.9 Å². The molecule has 0 aromatic carbocycles. The zero-order valence-corrected chi connectivity index (χ0v) is 14.4. The maximum absolute atomic E-state index is 12.0. The maximum Gasteiger partial charge on any atom is 0.262 e. The number of rotatable bonds is 5. The van der Waals surface area contributed by atoms with Gasteiger partial charge in [-0.3, -0.25) is 4.79 Å². The molecule has 1 aromatic heterocycles. The highest BCUT2D eigenvalue weighted by Gasteiger charge is 2.20. The van der Waals surface area contributed by atoms with Crippen LogP contribution in [0.25, 0.3) is 0 Å². The molecule has 1 saturated carbocycles. The molecule has 1 N–H and O–H groups in total. The van der Waals surface area contributed by atoms with Crippen molar-refractivity contribution in [1.29, 1.82) is 0 Å². The van der Waals surface area contributed by atoms with E-state index in [0.29, 0.717) is 22.2 Å². The van der Waals surface area contributed by atoms with Gasteiger partial charge in [-0.05, 0) is 25.3 Å². The van der Waals surface area contributed by atoms with Gasteiger partial charge in [-0.1, -0.05) is 32.1 Å². The Morgan fingerprint density at radius 3 is 2.62 bits per heavy atom. The van der Waals surface area contributed by atoms with Crippen LogP contribution in [0.5, 0.6) is 0 Å². The van der Waals surface area contributed by atoms with Crippen molar-refractivity contribution in [2.24, 2.45) is 5.92 Å². The van der Waals surface area contributed by atoms with E-state index in [1.807, 2.05) is 0 Å². The highest BCUT2D eigenvalue weighted by Crippen LogP contribution is 2.28. The molecule has 21 heavy (non-hydrogen) atoms. The van der Waals surface area contributed by atoms with Crippen molar-refractivity contribution in [2.45, 2.75) is 50.3 Å². The van der Waals surface area contributed by atoms with Crippen molar-refractivity contribution < 1.29 is 13.2 Å². The fraction of sp³-hybridized carbons (Fsp3) is 0.643. The van der Waals surface area contributed by atoms with Gasteiger partial charge in [-0.25, -0.2) is 8.42 Å². The standard InChI is InChI=1S/C14H20ClNO3S2/c1-10-13(21(15,18)19)9-12(20-10)14(17)16-8-7-11-5-3-2-4-6-11/h9,11H,2-8H2,1H3,(H,16,17).